The predicted molar refractivity (Wildman–Crippen MR) is 177 cm³/mol. The number of nitrogens with zero attached hydrogens (tertiary/aromatic N) is 4. The number of carbonyl (C=O) groups excluding carboxylic acids is 3. The molecule has 0 aliphatic carbocycles. The van der Waals surface area contributed by atoms with E-state index in [2.05, 4.69) is 4.90 Å². The largest absolute Gasteiger partial charge is 0.494 e. The number of carbonyl (C=O) groups is 3. The van der Waals surface area contributed by atoms with Gasteiger partial charge in [0.05, 0.1) is 49.9 Å². The lowest BCUT2D eigenvalue weighted by atomic mass is 9.73. The first kappa shape index (κ1) is 33.6. The minimum absolute atomic E-state index is 0.0809. The standard InChI is InChI=1S/C36H50N4O7/c1-5-25(4)28(24-41)40-31-34(44)38(19-18-37-20-22-45-23-21-37)16-9-15-36(31)30(33(40)43)29-32(42)39(17-8-14-35(29,6-2)47-36)26-10-12-27(13-11-26)46-7-3/h8-15,25,28-31,41H,5-7,16-24H2,1-4H3/t25-,28-,29+,30-,31?,35-,36-/m0/s1. The van der Waals surface area contributed by atoms with Gasteiger partial charge in [0.1, 0.15) is 17.4 Å². The summed E-state index contributed by atoms with van der Waals surface area (Å²) >= 11 is 0. The molecule has 0 saturated carbocycles. The summed E-state index contributed by atoms with van der Waals surface area (Å²) < 4.78 is 18.3. The quantitative estimate of drug-likeness (QED) is 0.364. The molecule has 0 bridgehead atoms. The Labute approximate surface area is 278 Å². The van der Waals surface area contributed by atoms with Gasteiger partial charge in [0, 0.05) is 45.0 Å². The van der Waals surface area contributed by atoms with Crippen molar-refractivity contribution in [2.75, 3.05) is 70.6 Å². The molecule has 5 aliphatic heterocycles. The Morgan fingerprint density at radius 1 is 0.936 bits per heavy atom. The van der Waals surface area contributed by atoms with Crippen LogP contribution in [0.25, 0.3) is 0 Å². The molecule has 3 saturated heterocycles. The Bertz CT molecular complexity index is 1380. The van der Waals surface area contributed by atoms with Crippen LogP contribution in [0.2, 0.25) is 0 Å². The summed E-state index contributed by atoms with van der Waals surface area (Å²) in [5.41, 5.74) is -1.75. The zero-order valence-corrected chi connectivity index (χ0v) is 28.2. The van der Waals surface area contributed by atoms with Crippen LogP contribution < -0.4 is 9.64 Å². The highest BCUT2D eigenvalue weighted by molar-refractivity contribution is 6.04. The molecular weight excluding hydrogens is 600 g/mol. The number of anilines is 1. The van der Waals surface area contributed by atoms with Gasteiger partial charge in [-0.2, -0.15) is 0 Å². The van der Waals surface area contributed by atoms with E-state index in [4.69, 9.17) is 14.2 Å². The van der Waals surface area contributed by atoms with Crippen molar-refractivity contribution in [2.45, 2.75) is 63.8 Å². The van der Waals surface area contributed by atoms with Gasteiger partial charge in [-0.15, -0.1) is 0 Å². The minimum Gasteiger partial charge on any atom is -0.494 e. The summed E-state index contributed by atoms with van der Waals surface area (Å²) in [7, 11) is 0. The van der Waals surface area contributed by atoms with Crippen LogP contribution >= 0.6 is 0 Å². The lowest BCUT2D eigenvalue weighted by Gasteiger charge is -2.42. The van der Waals surface area contributed by atoms with Gasteiger partial charge < -0.3 is 34.0 Å². The second-order valence-electron chi connectivity index (χ2n) is 13.4. The number of aliphatic hydroxyl groups is 1. The van der Waals surface area contributed by atoms with E-state index in [-0.39, 0.29) is 30.2 Å². The van der Waals surface area contributed by atoms with Crippen molar-refractivity contribution in [3.05, 3.63) is 48.6 Å². The van der Waals surface area contributed by atoms with Gasteiger partial charge in [-0.1, -0.05) is 51.5 Å². The molecule has 11 heteroatoms. The molecule has 0 aromatic heterocycles. The average molecular weight is 651 g/mol. The van der Waals surface area contributed by atoms with Crippen molar-refractivity contribution in [2.24, 2.45) is 17.8 Å². The third-order valence-corrected chi connectivity index (χ3v) is 11.1. The van der Waals surface area contributed by atoms with E-state index in [1.54, 1.807) is 14.7 Å². The Hall–Kier alpha value is -3.25. The number of likely N-dealkylation sites (tertiary alicyclic amines) is 1. The predicted octanol–water partition coefficient (Wildman–Crippen LogP) is 2.49. The third kappa shape index (κ3) is 5.68. The number of hydrogen-bond acceptors (Lipinski definition) is 8. The van der Waals surface area contributed by atoms with E-state index in [0.717, 1.165) is 13.1 Å². The fourth-order valence-corrected chi connectivity index (χ4v) is 8.33. The smallest absolute Gasteiger partial charge is 0.249 e. The first-order valence-corrected chi connectivity index (χ1v) is 17.4. The molecule has 1 aromatic rings. The van der Waals surface area contributed by atoms with Crippen LogP contribution in [-0.2, 0) is 23.9 Å². The van der Waals surface area contributed by atoms with E-state index in [0.29, 0.717) is 70.3 Å². The van der Waals surface area contributed by atoms with E-state index in [1.165, 1.54) is 0 Å². The molecule has 0 radical (unpaired) electrons. The highest BCUT2D eigenvalue weighted by Gasteiger charge is 2.76. The fraction of sp³-hybridized carbons (Fsp3) is 0.639. The first-order chi connectivity index (χ1) is 22.7. The number of rotatable bonds is 11. The molecule has 6 rings (SSSR count). The van der Waals surface area contributed by atoms with Gasteiger partial charge >= 0.3 is 0 Å². The van der Waals surface area contributed by atoms with Crippen LogP contribution in [0, 0.1) is 17.8 Å². The second-order valence-corrected chi connectivity index (χ2v) is 13.4. The molecular formula is C36H50N4O7. The molecule has 5 heterocycles. The normalized spacial score (nSPS) is 32.1. The number of benzene rings is 1. The molecule has 1 N–H and O–H groups in total. The van der Waals surface area contributed by atoms with Crippen LogP contribution in [0.3, 0.4) is 0 Å². The molecule has 11 nitrogen and oxygen atoms in total. The van der Waals surface area contributed by atoms with Gasteiger partial charge in [0.25, 0.3) is 0 Å². The van der Waals surface area contributed by atoms with Gasteiger partial charge in [0.2, 0.25) is 17.7 Å². The van der Waals surface area contributed by atoms with Crippen molar-refractivity contribution in [1.29, 1.82) is 0 Å². The van der Waals surface area contributed by atoms with Gasteiger partial charge in [0.15, 0.2) is 0 Å². The lowest BCUT2D eigenvalue weighted by molar-refractivity contribution is -0.157. The maximum absolute atomic E-state index is 15.0. The van der Waals surface area contributed by atoms with Gasteiger partial charge in [-0.25, -0.2) is 0 Å². The molecule has 7 atom stereocenters. The lowest BCUT2D eigenvalue weighted by Crippen LogP contribution is -2.60. The Morgan fingerprint density at radius 2 is 1.66 bits per heavy atom. The summed E-state index contributed by atoms with van der Waals surface area (Å²) in [4.78, 5) is 52.0. The zero-order chi connectivity index (χ0) is 33.3. The van der Waals surface area contributed by atoms with E-state index < -0.39 is 35.1 Å². The van der Waals surface area contributed by atoms with E-state index in [1.807, 2.05) is 76.3 Å². The third-order valence-electron chi connectivity index (χ3n) is 11.1. The highest BCUT2D eigenvalue weighted by Crippen LogP contribution is 2.59. The monoisotopic (exact) mass is 650 g/mol. The molecule has 1 spiro atoms. The summed E-state index contributed by atoms with van der Waals surface area (Å²) in [5.74, 6) is -1.90. The molecule has 256 valence electrons. The highest BCUT2D eigenvalue weighted by atomic mass is 16.5. The summed E-state index contributed by atoms with van der Waals surface area (Å²) in [6, 6.07) is 5.79. The molecule has 3 fully saturated rings. The maximum atomic E-state index is 15.0. The second kappa shape index (κ2) is 13.7. The van der Waals surface area contributed by atoms with Crippen LogP contribution in [-0.4, -0.2) is 127 Å². The van der Waals surface area contributed by atoms with E-state index in [9.17, 15) is 19.5 Å². The topological polar surface area (TPSA) is 112 Å². The minimum atomic E-state index is -1.37. The van der Waals surface area contributed by atoms with Crippen molar-refractivity contribution in [3.8, 4) is 5.75 Å². The number of fused-ring (bicyclic) bond motifs is 2. The van der Waals surface area contributed by atoms with Gasteiger partial charge in [-0.3, -0.25) is 19.3 Å². The van der Waals surface area contributed by atoms with Crippen molar-refractivity contribution in [3.63, 3.8) is 0 Å². The number of aliphatic hydroxyl groups excluding tert-OH is 1. The number of morpholine rings is 1. The van der Waals surface area contributed by atoms with Crippen molar-refractivity contribution >= 4 is 23.4 Å². The van der Waals surface area contributed by atoms with Crippen LogP contribution in [0.15, 0.2) is 48.6 Å². The van der Waals surface area contributed by atoms with Crippen molar-refractivity contribution < 1.29 is 33.7 Å². The molecule has 1 aromatic carbocycles. The van der Waals surface area contributed by atoms with E-state index >= 15 is 0 Å². The Morgan fingerprint density at radius 3 is 2.32 bits per heavy atom. The maximum Gasteiger partial charge on any atom is 0.249 e. The fourth-order valence-electron chi connectivity index (χ4n) is 8.33. The van der Waals surface area contributed by atoms with Crippen LogP contribution in [0.4, 0.5) is 5.69 Å². The molecule has 3 amide bonds. The van der Waals surface area contributed by atoms with Crippen molar-refractivity contribution in [1.82, 2.24) is 14.7 Å². The Kier molecular flexibility index (Phi) is 9.81. The van der Waals surface area contributed by atoms with Crippen LogP contribution in [0.5, 0.6) is 5.75 Å². The van der Waals surface area contributed by atoms with Crippen LogP contribution in [0.1, 0.15) is 40.5 Å². The SMILES string of the molecule is CCOc1ccc(N2CC=C[C@]3(CC)O[C@]45C=CCN(CCN6CCOCC6)C(=O)C4N([C@@H](CO)[C@@H](C)CC)C(=O)[C@@H]5[C@@H]3C2=O)cc1. The number of ether oxygens (including phenoxy) is 3. The molecule has 1 unspecified atom stereocenters. The number of hydrogen-bond donors (Lipinski definition) is 1. The number of amides is 3. The Balaban J connectivity index is 1.41. The summed E-state index contributed by atoms with van der Waals surface area (Å²) in [6.45, 7) is 13.0. The molecule has 47 heavy (non-hydrogen) atoms. The molecule has 5 aliphatic rings. The average Bonchev–Trinajstić information content (AvgIpc) is 3.38. The zero-order valence-electron chi connectivity index (χ0n) is 28.2. The first-order valence-electron chi connectivity index (χ1n) is 17.4. The summed E-state index contributed by atoms with van der Waals surface area (Å²) in [6.07, 6.45) is 8.88. The summed E-state index contributed by atoms with van der Waals surface area (Å²) in [5, 5.41) is 10.7. The van der Waals surface area contributed by atoms with Gasteiger partial charge in [-0.05, 0) is 43.5 Å².